The Bertz CT molecular complexity index is 687. The number of rotatable bonds is 9. The molecule has 1 atom stereocenters. The number of carbonyl (C=O) groups excluding carboxylic acids is 1. The van der Waals surface area contributed by atoms with Crippen molar-refractivity contribution in [2.45, 2.75) is 33.1 Å². The molecule has 0 saturated carbocycles. The third-order valence-corrected chi connectivity index (χ3v) is 4.15. The fraction of sp³-hybridized carbons (Fsp3) is 0.350. The molecule has 0 saturated heterocycles. The van der Waals surface area contributed by atoms with Crippen LogP contribution in [0, 0.1) is 5.92 Å². The summed E-state index contributed by atoms with van der Waals surface area (Å²) in [6.45, 7) is 4.85. The molecule has 134 valence electrons. The summed E-state index contributed by atoms with van der Waals surface area (Å²) >= 11 is 0. The van der Waals surface area contributed by atoms with Crippen molar-refractivity contribution in [3.8, 4) is 0 Å². The number of benzene rings is 2. The third kappa shape index (κ3) is 6.31. The van der Waals surface area contributed by atoms with E-state index < -0.39 is 0 Å². The lowest BCUT2D eigenvalue weighted by molar-refractivity contribution is -0.124. The van der Waals surface area contributed by atoms with E-state index in [1.165, 1.54) is 5.56 Å². The van der Waals surface area contributed by atoms with Crippen LogP contribution in [0.5, 0.6) is 0 Å². The molecule has 5 nitrogen and oxygen atoms in total. The van der Waals surface area contributed by atoms with Crippen LogP contribution in [0.15, 0.2) is 48.5 Å². The molecule has 25 heavy (non-hydrogen) atoms. The molecule has 2 aromatic carbocycles. The molecule has 0 aliphatic heterocycles. The Hall–Kier alpha value is -2.21. The maximum absolute atomic E-state index is 12.2. The van der Waals surface area contributed by atoms with Gasteiger partial charge in [-0.3, -0.25) is 4.79 Å². The largest absolute Gasteiger partial charge is 0.352 e. The van der Waals surface area contributed by atoms with Gasteiger partial charge in [0.05, 0.1) is 0 Å². The Morgan fingerprint density at radius 1 is 0.920 bits per heavy atom. The number of amides is 1. The van der Waals surface area contributed by atoms with Crippen LogP contribution in [0.4, 0.5) is 0 Å². The molecule has 0 aromatic heterocycles. The molecular formula is C20H28N4O. The minimum atomic E-state index is -0.101. The zero-order valence-electron chi connectivity index (χ0n) is 14.8. The van der Waals surface area contributed by atoms with Crippen molar-refractivity contribution in [1.82, 2.24) is 10.6 Å². The Balaban J connectivity index is 1.74. The van der Waals surface area contributed by atoms with E-state index in [0.29, 0.717) is 26.2 Å². The van der Waals surface area contributed by atoms with Gasteiger partial charge < -0.3 is 22.1 Å². The average molecular weight is 340 g/mol. The van der Waals surface area contributed by atoms with Crippen LogP contribution >= 0.6 is 0 Å². The van der Waals surface area contributed by atoms with Crippen LogP contribution in [0.2, 0.25) is 0 Å². The van der Waals surface area contributed by atoms with Crippen LogP contribution in [-0.2, 0) is 31.0 Å². The van der Waals surface area contributed by atoms with E-state index in [1.807, 2.05) is 43.3 Å². The Kier molecular flexibility index (Phi) is 7.60. The van der Waals surface area contributed by atoms with Crippen molar-refractivity contribution in [2.24, 2.45) is 17.4 Å². The summed E-state index contributed by atoms with van der Waals surface area (Å²) in [6, 6.07) is 16.1. The Labute approximate surface area is 149 Å². The molecule has 6 N–H and O–H groups in total. The van der Waals surface area contributed by atoms with E-state index in [0.717, 1.165) is 23.2 Å². The average Bonchev–Trinajstić information content (AvgIpc) is 2.66. The summed E-state index contributed by atoms with van der Waals surface area (Å²) in [5.74, 6) is -0.0586. The predicted octanol–water partition coefficient (Wildman–Crippen LogP) is 1.65. The van der Waals surface area contributed by atoms with Crippen LogP contribution in [0.25, 0.3) is 0 Å². The Morgan fingerprint density at radius 3 is 2.00 bits per heavy atom. The summed E-state index contributed by atoms with van der Waals surface area (Å²) in [7, 11) is 0. The van der Waals surface area contributed by atoms with Gasteiger partial charge in [-0.15, -0.1) is 0 Å². The molecule has 2 aromatic rings. The monoisotopic (exact) mass is 340 g/mol. The highest BCUT2D eigenvalue weighted by Crippen LogP contribution is 2.06. The number of carbonyl (C=O) groups is 1. The molecule has 2 rings (SSSR count). The van der Waals surface area contributed by atoms with E-state index in [2.05, 4.69) is 22.8 Å². The highest BCUT2D eigenvalue weighted by Gasteiger charge is 2.12. The molecule has 0 fully saturated rings. The number of nitrogens with one attached hydrogen (secondary N) is 2. The Morgan fingerprint density at radius 2 is 1.44 bits per heavy atom. The van der Waals surface area contributed by atoms with Gasteiger partial charge in [0, 0.05) is 38.6 Å². The topological polar surface area (TPSA) is 93.2 Å². The maximum atomic E-state index is 12.2. The predicted molar refractivity (Wildman–Crippen MR) is 101 cm³/mol. The van der Waals surface area contributed by atoms with Crippen LogP contribution < -0.4 is 22.1 Å². The lowest BCUT2D eigenvalue weighted by Gasteiger charge is -2.14. The van der Waals surface area contributed by atoms with Gasteiger partial charge in [0.25, 0.3) is 0 Å². The van der Waals surface area contributed by atoms with Crippen molar-refractivity contribution in [3.63, 3.8) is 0 Å². The molecule has 0 heterocycles. The maximum Gasteiger partial charge on any atom is 0.224 e. The smallest absolute Gasteiger partial charge is 0.224 e. The first-order valence-electron chi connectivity index (χ1n) is 8.66. The minimum absolute atomic E-state index is 0.0429. The molecule has 0 radical (unpaired) electrons. The third-order valence-electron chi connectivity index (χ3n) is 4.15. The summed E-state index contributed by atoms with van der Waals surface area (Å²) < 4.78 is 0. The van der Waals surface area contributed by atoms with Gasteiger partial charge in [-0.2, -0.15) is 0 Å². The minimum Gasteiger partial charge on any atom is -0.352 e. The van der Waals surface area contributed by atoms with Gasteiger partial charge in [0.1, 0.15) is 0 Å². The van der Waals surface area contributed by atoms with E-state index in [1.54, 1.807) is 0 Å². The molecule has 1 unspecified atom stereocenters. The number of hydrogen-bond acceptors (Lipinski definition) is 4. The molecule has 0 aliphatic carbocycles. The van der Waals surface area contributed by atoms with Gasteiger partial charge in [0.15, 0.2) is 0 Å². The lowest BCUT2D eigenvalue weighted by Crippen LogP contribution is -2.34. The molecule has 0 spiro atoms. The molecule has 1 amide bonds. The fourth-order valence-corrected chi connectivity index (χ4v) is 2.62. The van der Waals surface area contributed by atoms with Crippen LogP contribution in [-0.4, -0.2) is 12.5 Å². The zero-order valence-corrected chi connectivity index (χ0v) is 14.8. The number of hydrogen-bond donors (Lipinski definition) is 4. The fourth-order valence-electron chi connectivity index (χ4n) is 2.62. The number of nitrogens with two attached hydrogens (primary N) is 2. The van der Waals surface area contributed by atoms with Gasteiger partial charge >= 0.3 is 0 Å². The first kappa shape index (κ1) is 19.1. The van der Waals surface area contributed by atoms with E-state index in [4.69, 9.17) is 11.5 Å². The quantitative estimate of drug-likeness (QED) is 0.558. The van der Waals surface area contributed by atoms with Gasteiger partial charge in [-0.1, -0.05) is 55.5 Å². The second-order valence-electron chi connectivity index (χ2n) is 6.30. The van der Waals surface area contributed by atoms with E-state index >= 15 is 0 Å². The van der Waals surface area contributed by atoms with Crippen LogP contribution in [0.1, 0.15) is 29.2 Å². The van der Waals surface area contributed by atoms with E-state index in [9.17, 15) is 4.79 Å². The standard InChI is InChI=1S/C20H28N4O/c1-15(12-23-13-18-6-2-4-16(8-18)10-21)20(25)24-14-19-7-3-5-17(9-19)11-22/h2-9,15,23H,10-14,21-22H2,1H3,(H,24,25). The first-order chi connectivity index (χ1) is 12.1. The van der Waals surface area contributed by atoms with Crippen molar-refractivity contribution in [1.29, 1.82) is 0 Å². The lowest BCUT2D eigenvalue weighted by atomic mass is 10.1. The van der Waals surface area contributed by atoms with Gasteiger partial charge in [-0.05, 0) is 22.3 Å². The summed E-state index contributed by atoms with van der Waals surface area (Å²) in [5.41, 5.74) is 15.7. The van der Waals surface area contributed by atoms with Crippen molar-refractivity contribution >= 4 is 5.91 Å². The zero-order chi connectivity index (χ0) is 18.1. The highest BCUT2D eigenvalue weighted by atomic mass is 16.1. The second kappa shape index (κ2) is 9.93. The van der Waals surface area contributed by atoms with Crippen molar-refractivity contribution < 1.29 is 4.79 Å². The van der Waals surface area contributed by atoms with Crippen molar-refractivity contribution in [3.05, 3.63) is 70.8 Å². The summed E-state index contributed by atoms with van der Waals surface area (Å²) in [4.78, 5) is 12.2. The molecular weight excluding hydrogens is 312 g/mol. The molecule has 0 aliphatic rings. The van der Waals surface area contributed by atoms with Crippen LogP contribution in [0.3, 0.4) is 0 Å². The van der Waals surface area contributed by atoms with Gasteiger partial charge in [-0.25, -0.2) is 0 Å². The van der Waals surface area contributed by atoms with Crippen molar-refractivity contribution in [2.75, 3.05) is 6.54 Å². The highest BCUT2D eigenvalue weighted by molar-refractivity contribution is 5.78. The normalized spacial score (nSPS) is 12.0. The second-order valence-corrected chi connectivity index (χ2v) is 6.30. The summed E-state index contributed by atoms with van der Waals surface area (Å²) in [6.07, 6.45) is 0. The molecule has 0 bridgehead atoms. The summed E-state index contributed by atoms with van der Waals surface area (Å²) in [5, 5.41) is 6.31. The van der Waals surface area contributed by atoms with Gasteiger partial charge in [0.2, 0.25) is 5.91 Å². The first-order valence-corrected chi connectivity index (χ1v) is 8.66. The van der Waals surface area contributed by atoms with E-state index in [-0.39, 0.29) is 11.8 Å². The SMILES string of the molecule is CC(CNCc1cccc(CN)c1)C(=O)NCc1cccc(CN)c1. The molecule has 5 heteroatoms.